The lowest BCUT2D eigenvalue weighted by Gasteiger charge is -2.22. The van der Waals surface area contributed by atoms with Gasteiger partial charge in [0.15, 0.2) is 0 Å². The van der Waals surface area contributed by atoms with Crippen LogP contribution in [-0.2, 0) is 15.1 Å². The predicted molar refractivity (Wildman–Crippen MR) is 76.1 cm³/mol. The highest BCUT2D eigenvalue weighted by atomic mass is 127. The molecule has 0 spiro atoms. The molecular formula is C13H16INO3. The van der Waals surface area contributed by atoms with Crippen LogP contribution in [0.15, 0.2) is 24.3 Å². The third kappa shape index (κ3) is 2.53. The summed E-state index contributed by atoms with van der Waals surface area (Å²) < 4.78 is 5.88. The number of hydrogen-bond donors (Lipinski definition) is 1. The maximum absolute atomic E-state index is 11.6. The van der Waals surface area contributed by atoms with E-state index in [2.05, 4.69) is 22.6 Å². The van der Waals surface area contributed by atoms with Crippen molar-refractivity contribution in [2.45, 2.75) is 18.1 Å². The molecule has 0 amide bonds. The quantitative estimate of drug-likeness (QED) is 0.639. The summed E-state index contributed by atoms with van der Waals surface area (Å²) in [5.41, 5.74) is -0.126. The second-order valence-corrected chi connectivity index (χ2v) is 5.94. The molecule has 5 heteroatoms. The fraction of sp³-hybridized carbons (Fsp3) is 0.462. The van der Waals surface area contributed by atoms with Gasteiger partial charge in [-0.2, -0.15) is 0 Å². The fourth-order valence-electron chi connectivity index (χ4n) is 2.43. The number of halogens is 1. The Morgan fingerprint density at radius 1 is 1.50 bits per heavy atom. The van der Waals surface area contributed by atoms with Crippen LogP contribution in [0.5, 0.6) is 0 Å². The van der Waals surface area contributed by atoms with Crippen molar-refractivity contribution in [1.29, 1.82) is 0 Å². The van der Waals surface area contributed by atoms with Crippen LogP contribution < -0.4 is 0 Å². The van der Waals surface area contributed by atoms with Gasteiger partial charge >= 0.3 is 5.97 Å². The van der Waals surface area contributed by atoms with E-state index in [0.29, 0.717) is 13.0 Å². The molecular weight excluding hydrogens is 345 g/mol. The average Bonchev–Trinajstić information content (AvgIpc) is 2.66. The van der Waals surface area contributed by atoms with Crippen molar-refractivity contribution < 1.29 is 14.6 Å². The van der Waals surface area contributed by atoms with Gasteiger partial charge < -0.3 is 9.84 Å². The molecule has 1 saturated heterocycles. The number of hydrogen-bond acceptors (Lipinski definition) is 4. The molecule has 98 valence electrons. The SMILES string of the molecule is COC(=O)[C@@H]1C[C@@](O)(c2ccc(I)cc2)CN1C. The van der Waals surface area contributed by atoms with Gasteiger partial charge in [-0.05, 0) is 47.3 Å². The van der Waals surface area contributed by atoms with Crippen molar-refractivity contribution in [3.8, 4) is 0 Å². The van der Waals surface area contributed by atoms with Crippen molar-refractivity contribution in [2.75, 3.05) is 20.7 Å². The summed E-state index contributed by atoms with van der Waals surface area (Å²) >= 11 is 2.22. The van der Waals surface area contributed by atoms with E-state index >= 15 is 0 Å². The number of ether oxygens (including phenoxy) is 1. The van der Waals surface area contributed by atoms with Gasteiger partial charge in [-0.25, -0.2) is 0 Å². The number of carbonyl (C=O) groups excluding carboxylic acids is 1. The Balaban J connectivity index is 2.23. The molecule has 1 aliphatic heterocycles. The Morgan fingerprint density at radius 3 is 2.67 bits per heavy atom. The lowest BCUT2D eigenvalue weighted by atomic mass is 9.91. The minimum Gasteiger partial charge on any atom is -0.468 e. The van der Waals surface area contributed by atoms with Crippen LogP contribution in [0.4, 0.5) is 0 Å². The van der Waals surface area contributed by atoms with Crippen LogP contribution in [0.25, 0.3) is 0 Å². The first kappa shape index (κ1) is 13.8. The predicted octanol–water partition coefficient (Wildman–Crippen LogP) is 1.36. The number of likely N-dealkylation sites (N-methyl/N-ethyl adjacent to an activating group) is 1. The van der Waals surface area contributed by atoms with Crippen LogP contribution >= 0.6 is 22.6 Å². The lowest BCUT2D eigenvalue weighted by molar-refractivity contribution is -0.145. The van der Waals surface area contributed by atoms with Gasteiger partial charge in [0.05, 0.1) is 7.11 Å². The van der Waals surface area contributed by atoms with E-state index in [1.165, 1.54) is 7.11 Å². The second-order valence-electron chi connectivity index (χ2n) is 4.70. The molecule has 2 atom stereocenters. The van der Waals surface area contributed by atoms with Gasteiger partial charge in [0, 0.05) is 16.5 Å². The average molecular weight is 361 g/mol. The molecule has 0 radical (unpaired) electrons. The molecule has 0 aromatic heterocycles. The second kappa shape index (κ2) is 5.14. The number of rotatable bonds is 2. The van der Waals surface area contributed by atoms with Crippen molar-refractivity contribution in [2.24, 2.45) is 0 Å². The molecule has 0 unspecified atom stereocenters. The zero-order chi connectivity index (χ0) is 13.3. The van der Waals surface area contributed by atoms with Crippen LogP contribution in [0, 0.1) is 3.57 Å². The number of likely N-dealkylation sites (tertiary alicyclic amines) is 1. The Kier molecular flexibility index (Phi) is 3.93. The molecule has 18 heavy (non-hydrogen) atoms. The highest BCUT2D eigenvalue weighted by Crippen LogP contribution is 2.35. The number of esters is 1. The summed E-state index contributed by atoms with van der Waals surface area (Å²) in [5, 5.41) is 10.7. The molecule has 0 aliphatic carbocycles. The third-order valence-electron chi connectivity index (χ3n) is 3.43. The molecule has 1 aromatic carbocycles. The number of methoxy groups -OCH3 is 1. The minimum atomic E-state index is -0.974. The van der Waals surface area contributed by atoms with Gasteiger partial charge in [0.2, 0.25) is 0 Å². The largest absolute Gasteiger partial charge is 0.468 e. The normalized spacial score (nSPS) is 28.3. The highest BCUT2D eigenvalue weighted by molar-refractivity contribution is 14.1. The van der Waals surface area contributed by atoms with E-state index in [4.69, 9.17) is 4.74 Å². The first-order valence-corrected chi connectivity index (χ1v) is 6.80. The summed E-state index contributed by atoms with van der Waals surface area (Å²) in [6.07, 6.45) is 0.372. The topological polar surface area (TPSA) is 49.8 Å². The molecule has 2 rings (SSSR count). The molecule has 1 aliphatic rings. The standard InChI is InChI=1S/C13H16INO3/c1-15-8-13(17,7-11(15)12(16)18-2)9-3-5-10(14)6-4-9/h3-6,11,17H,7-8H2,1-2H3/t11-,13-/m0/s1. The summed E-state index contributed by atoms with van der Waals surface area (Å²) in [6, 6.07) is 7.36. The molecule has 1 aromatic rings. The number of nitrogens with zero attached hydrogens (tertiary/aromatic N) is 1. The third-order valence-corrected chi connectivity index (χ3v) is 4.15. The zero-order valence-electron chi connectivity index (χ0n) is 10.4. The molecule has 0 saturated carbocycles. The smallest absolute Gasteiger partial charge is 0.323 e. The van der Waals surface area contributed by atoms with E-state index in [9.17, 15) is 9.90 Å². The Labute approximate surface area is 120 Å². The lowest BCUT2D eigenvalue weighted by Crippen LogP contribution is -2.33. The molecule has 1 fully saturated rings. The fourth-order valence-corrected chi connectivity index (χ4v) is 2.79. The van der Waals surface area contributed by atoms with Crippen molar-refractivity contribution in [3.63, 3.8) is 0 Å². The van der Waals surface area contributed by atoms with Crippen LogP contribution in [0.2, 0.25) is 0 Å². The van der Waals surface area contributed by atoms with Gasteiger partial charge in [0.25, 0.3) is 0 Å². The number of β-amino-alcohol motifs (C(OH)–C–C–N with tert-alkyl or cyclic N) is 1. The molecule has 4 nitrogen and oxygen atoms in total. The summed E-state index contributed by atoms with van der Waals surface area (Å²) in [5.74, 6) is -0.293. The van der Waals surface area contributed by atoms with Crippen LogP contribution in [-0.4, -0.2) is 42.7 Å². The number of carbonyl (C=O) groups is 1. The van der Waals surface area contributed by atoms with E-state index in [1.807, 2.05) is 36.2 Å². The van der Waals surface area contributed by atoms with Crippen molar-refractivity contribution >= 4 is 28.6 Å². The minimum absolute atomic E-state index is 0.293. The zero-order valence-corrected chi connectivity index (χ0v) is 12.5. The summed E-state index contributed by atoms with van der Waals surface area (Å²) in [7, 11) is 3.20. The van der Waals surface area contributed by atoms with Gasteiger partial charge in [0.1, 0.15) is 11.6 Å². The summed E-state index contributed by atoms with van der Waals surface area (Å²) in [6.45, 7) is 0.438. The Bertz CT molecular complexity index is 448. The van der Waals surface area contributed by atoms with Crippen LogP contribution in [0.1, 0.15) is 12.0 Å². The monoisotopic (exact) mass is 361 g/mol. The molecule has 0 bridgehead atoms. The summed E-state index contributed by atoms with van der Waals surface area (Å²) in [4.78, 5) is 13.5. The Hall–Kier alpha value is -0.660. The van der Waals surface area contributed by atoms with E-state index in [1.54, 1.807) is 0 Å². The van der Waals surface area contributed by atoms with Gasteiger partial charge in [-0.1, -0.05) is 12.1 Å². The first-order chi connectivity index (χ1) is 8.46. The van der Waals surface area contributed by atoms with Crippen molar-refractivity contribution in [3.05, 3.63) is 33.4 Å². The van der Waals surface area contributed by atoms with Gasteiger partial charge in [-0.15, -0.1) is 0 Å². The Morgan fingerprint density at radius 2 is 2.11 bits per heavy atom. The van der Waals surface area contributed by atoms with Crippen molar-refractivity contribution in [1.82, 2.24) is 4.90 Å². The highest BCUT2D eigenvalue weighted by Gasteiger charge is 2.45. The van der Waals surface area contributed by atoms with Gasteiger partial charge in [-0.3, -0.25) is 9.69 Å². The maximum atomic E-state index is 11.6. The first-order valence-electron chi connectivity index (χ1n) is 5.73. The molecule has 1 heterocycles. The number of benzene rings is 1. The number of aliphatic hydroxyl groups is 1. The van der Waals surface area contributed by atoms with E-state index in [0.717, 1.165) is 9.13 Å². The van der Waals surface area contributed by atoms with E-state index < -0.39 is 5.60 Å². The van der Waals surface area contributed by atoms with E-state index in [-0.39, 0.29) is 12.0 Å². The van der Waals surface area contributed by atoms with Crippen LogP contribution in [0.3, 0.4) is 0 Å². The molecule has 1 N–H and O–H groups in total. The maximum Gasteiger partial charge on any atom is 0.323 e.